The number of fused-ring (bicyclic) bond motifs is 3. The van der Waals surface area contributed by atoms with Gasteiger partial charge >= 0.3 is 0 Å². The number of para-hydroxylation sites is 1. The number of hydrogen-bond acceptors (Lipinski definition) is 3. The summed E-state index contributed by atoms with van der Waals surface area (Å²) in [6.07, 6.45) is 1.65. The number of rotatable bonds is 1. The highest BCUT2D eigenvalue weighted by Crippen LogP contribution is 2.23. The minimum Gasteiger partial charge on any atom is -0.495 e. The highest BCUT2D eigenvalue weighted by molar-refractivity contribution is 6.06. The van der Waals surface area contributed by atoms with E-state index in [-0.39, 0.29) is 5.56 Å². The zero-order valence-corrected chi connectivity index (χ0v) is 13.5. The standard InChI is InChI=1S/C21H14N2O2/c1-25-18-9-5-2-6-14(18)10-11-15-12-13-22-20-19(15)16-7-3-4-8-17(16)21(24)23-20/h2-9,12-13H,1H3,(H,22,23,24). The second-order valence-electron chi connectivity index (χ2n) is 5.53. The van der Waals surface area contributed by atoms with Crippen LogP contribution < -0.4 is 10.3 Å². The van der Waals surface area contributed by atoms with Crippen LogP contribution in [0.25, 0.3) is 21.8 Å². The Labute approximate surface area is 144 Å². The van der Waals surface area contributed by atoms with Crippen LogP contribution in [0.1, 0.15) is 11.1 Å². The van der Waals surface area contributed by atoms with Gasteiger partial charge in [-0.1, -0.05) is 42.2 Å². The van der Waals surface area contributed by atoms with E-state index in [0.717, 1.165) is 27.6 Å². The van der Waals surface area contributed by atoms with Crippen molar-refractivity contribution in [3.05, 3.63) is 82.3 Å². The molecule has 0 aliphatic carbocycles. The van der Waals surface area contributed by atoms with E-state index >= 15 is 0 Å². The van der Waals surface area contributed by atoms with Crippen LogP contribution in [0.4, 0.5) is 0 Å². The Kier molecular flexibility index (Phi) is 3.68. The number of hydrogen-bond donors (Lipinski definition) is 1. The summed E-state index contributed by atoms with van der Waals surface area (Å²) in [5.41, 5.74) is 2.01. The van der Waals surface area contributed by atoms with Crippen molar-refractivity contribution >= 4 is 21.8 Å². The minimum absolute atomic E-state index is 0.148. The summed E-state index contributed by atoms with van der Waals surface area (Å²) < 4.78 is 5.34. The Morgan fingerprint density at radius 3 is 2.48 bits per heavy atom. The lowest BCUT2D eigenvalue weighted by Crippen LogP contribution is -2.07. The molecule has 4 aromatic rings. The van der Waals surface area contributed by atoms with Crippen LogP contribution in [-0.2, 0) is 0 Å². The van der Waals surface area contributed by atoms with Gasteiger partial charge in [-0.3, -0.25) is 4.79 Å². The molecule has 4 heteroatoms. The van der Waals surface area contributed by atoms with Crippen LogP contribution in [0.3, 0.4) is 0 Å². The van der Waals surface area contributed by atoms with Gasteiger partial charge in [0.15, 0.2) is 0 Å². The molecule has 0 saturated carbocycles. The van der Waals surface area contributed by atoms with E-state index < -0.39 is 0 Å². The van der Waals surface area contributed by atoms with Crippen molar-refractivity contribution in [2.24, 2.45) is 0 Å². The van der Waals surface area contributed by atoms with Gasteiger partial charge in [0.2, 0.25) is 0 Å². The molecule has 2 aromatic heterocycles. The van der Waals surface area contributed by atoms with E-state index in [2.05, 4.69) is 21.8 Å². The molecule has 0 unspecified atom stereocenters. The van der Waals surface area contributed by atoms with Gasteiger partial charge in [0, 0.05) is 22.5 Å². The Hall–Kier alpha value is -3.58. The molecule has 0 aliphatic heterocycles. The average Bonchev–Trinajstić information content (AvgIpc) is 2.66. The van der Waals surface area contributed by atoms with E-state index in [0.29, 0.717) is 11.0 Å². The molecule has 0 fully saturated rings. The fourth-order valence-electron chi connectivity index (χ4n) is 2.89. The summed E-state index contributed by atoms with van der Waals surface area (Å²) >= 11 is 0. The number of methoxy groups -OCH3 is 1. The Morgan fingerprint density at radius 2 is 1.64 bits per heavy atom. The number of pyridine rings is 2. The quantitative estimate of drug-likeness (QED) is 0.430. The van der Waals surface area contributed by atoms with Crippen molar-refractivity contribution in [3.63, 3.8) is 0 Å². The summed E-state index contributed by atoms with van der Waals surface area (Å²) in [7, 11) is 1.63. The van der Waals surface area contributed by atoms with E-state index in [1.807, 2.05) is 48.5 Å². The van der Waals surface area contributed by atoms with Gasteiger partial charge in [-0.25, -0.2) is 4.98 Å². The van der Waals surface area contributed by atoms with Gasteiger partial charge < -0.3 is 9.72 Å². The number of nitrogens with one attached hydrogen (secondary N) is 1. The van der Waals surface area contributed by atoms with Gasteiger partial charge in [0.05, 0.1) is 12.7 Å². The van der Waals surface area contributed by atoms with Crippen molar-refractivity contribution in [2.75, 3.05) is 7.11 Å². The SMILES string of the molecule is COc1ccccc1C#Cc1ccnc2[nH]c(=O)c3ccccc3c12. The summed E-state index contributed by atoms with van der Waals surface area (Å²) in [5.74, 6) is 7.08. The van der Waals surface area contributed by atoms with Crippen molar-refractivity contribution in [2.45, 2.75) is 0 Å². The normalized spacial score (nSPS) is 10.4. The molecule has 0 bridgehead atoms. The van der Waals surface area contributed by atoms with Gasteiger partial charge in [-0.05, 0) is 29.7 Å². The average molecular weight is 326 g/mol. The van der Waals surface area contributed by atoms with Crippen LogP contribution in [-0.4, -0.2) is 17.1 Å². The lowest BCUT2D eigenvalue weighted by molar-refractivity contribution is 0.413. The van der Waals surface area contributed by atoms with E-state index in [4.69, 9.17) is 4.74 Å². The number of benzene rings is 2. The third-order valence-corrected chi connectivity index (χ3v) is 4.06. The summed E-state index contributed by atoms with van der Waals surface area (Å²) in [6.45, 7) is 0. The molecule has 4 nitrogen and oxygen atoms in total. The Morgan fingerprint density at radius 1 is 0.920 bits per heavy atom. The van der Waals surface area contributed by atoms with Crippen molar-refractivity contribution < 1.29 is 4.74 Å². The lowest BCUT2D eigenvalue weighted by Gasteiger charge is -2.05. The van der Waals surface area contributed by atoms with Crippen LogP contribution in [0, 0.1) is 11.8 Å². The number of aromatic amines is 1. The highest BCUT2D eigenvalue weighted by Gasteiger charge is 2.08. The monoisotopic (exact) mass is 326 g/mol. The molecule has 0 spiro atoms. The second kappa shape index (κ2) is 6.14. The first-order valence-corrected chi connectivity index (χ1v) is 7.83. The Balaban J connectivity index is 2.00. The number of H-pyrrole nitrogens is 1. The fraction of sp³-hybridized carbons (Fsp3) is 0.0476. The van der Waals surface area contributed by atoms with Gasteiger partial charge in [-0.2, -0.15) is 0 Å². The second-order valence-corrected chi connectivity index (χ2v) is 5.53. The maximum atomic E-state index is 12.2. The van der Waals surface area contributed by atoms with Crippen molar-refractivity contribution in [3.8, 4) is 17.6 Å². The van der Waals surface area contributed by atoms with Gasteiger partial charge in [0.1, 0.15) is 11.4 Å². The van der Waals surface area contributed by atoms with E-state index in [9.17, 15) is 4.79 Å². The highest BCUT2D eigenvalue weighted by atomic mass is 16.5. The number of ether oxygens (including phenoxy) is 1. The van der Waals surface area contributed by atoms with E-state index in [1.54, 1.807) is 19.4 Å². The molecule has 1 N–H and O–H groups in total. The van der Waals surface area contributed by atoms with Crippen LogP contribution in [0.2, 0.25) is 0 Å². The molecule has 4 rings (SSSR count). The predicted octanol–water partition coefficient (Wildman–Crippen LogP) is 3.48. The first-order chi connectivity index (χ1) is 12.3. The molecule has 2 heterocycles. The predicted molar refractivity (Wildman–Crippen MR) is 98.8 cm³/mol. The zero-order chi connectivity index (χ0) is 17.2. The maximum absolute atomic E-state index is 12.2. The smallest absolute Gasteiger partial charge is 0.257 e. The van der Waals surface area contributed by atoms with E-state index in [1.165, 1.54) is 0 Å². The van der Waals surface area contributed by atoms with Crippen molar-refractivity contribution in [1.82, 2.24) is 9.97 Å². The molecule has 0 amide bonds. The Bertz CT molecular complexity index is 1210. The number of nitrogens with zero attached hydrogens (tertiary/aromatic N) is 1. The molecular formula is C21H14N2O2. The third kappa shape index (κ3) is 2.62. The molecule has 0 atom stereocenters. The number of aromatic nitrogens is 2. The van der Waals surface area contributed by atoms with Crippen LogP contribution in [0.5, 0.6) is 5.75 Å². The molecule has 25 heavy (non-hydrogen) atoms. The first kappa shape index (κ1) is 15.0. The minimum atomic E-state index is -0.148. The van der Waals surface area contributed by atoms with Crippen molar-refractivity contribution in [1.29, 1.82) is 0 Å². The molecule has 0 aliphatic rings. The summed E-state index contributed by atoms with van der Waals surface area (Å²) in [6, 6.07) is 17.0. The largest absolute Gasteiger partial charge is 0.495 e. The zero-order valence-electron chi connectivity index (χ0n) is 13.5. The fourth-order valence-corrected chi connectivity index (χ4v) is 2.89. The third-order valence-electron chi connectivity index (χ3n) is 4.06. The molecule has 2 aromatic carbocycles. The lowest BCUT2D eigenvalue weighted by atomic mass is 10.0. The van der Waals surface area contributed by atoms with Crippen LogP contribution in [0.15, 0.2) is 65.6 Å². The summed E-state index contributed by atoms with van der Waals surface area (Å²) in [4.78, 5) is 19.3. The van der Waals surface area contributed by atoms with Crippen LogP contribution >= 0.6 is 0 Å². The van der Waals surface area contributed by atoms with Gasteiger partial charge in [0.25, 0.3) is 5.56 Å². The molecule has 0 saturated heterocycles. The first-order valence-electron chi connectivity index (χ1n) is 7.83. The topological polar surface area (TPSA) is 55.0 Å². The molecule has 120 valence electrons. The molecule has 0 radical (unpaired) electrons. The summed E-state index contributed by atoms with van der Waals surface area (Å²) in [5, 5.41) is 2.32. The maximum Gasteiger partial charge on any atom is 0.257 e. The molecular weight excluding hydrogens is 312 g/mol. The van der Waals surface area contributed by atoms with Gasteiger partial charge in [-0.15, -0.1) is 0 Å².